The van der Waals surface area contributed by atoms with E-state index >= 15 is 0 Å². The van der Waals surface area contributed by atoms with Crippen molar-refractivity contribution in [2.45, 2.75) is 50.4 Å². The summed E-state index contributed by atoms with van der Waals surface area (Å²) in [6, 6.07) is 0. The van der Waals surface area contributed by atoms with Gasteiger partial charge in [-0.05, 0) is 18.9 Å². The van der Waals surface area contributed by atoms with Crippen molar-refractivity contribution in [3.8, 4) is 0 Å². The Morgan fingerprint density at radius 2 is 2.00 bits per heavy atom. The minimum atomic E-state index is -0.397. The van der Waals surface area contributed by atoms with Crippen LogP contribution in [0.1, 0.15) is 38.5 Å². The lowest BCUT2D eigenvalue weighted by Gasteiger charge is -2.31. The van der Waals surface area contributed by atoms with Crippen LogP contribution in [0, 0.1) is 0 Å². The molecule has 6 nitrogen and oxygen atoms in total. The maximum Gasteiger partial charge on any atom is 0.243 e. The average Bonchev–Trinajstić information content (AvgIpc) is 2.88. The van der Waals surface area contributed by atoms with Crippen LogP contribution < -0.4 is 10.6 Å². The summed E-state index contributed by atoms with van der Waals surface area (Å²) in [7, 11) is 0. The molecule has 1 atom stereocenters. The van der Waals surface area contributed by atoms with Crippen LogP contribution in [-0.4, -0.2) is 43.4 Å². The van der Waals surface area contributed by atoms with E-state index < -0.39 is 5.79 Å². The van der Waals surface area contributed by atoms with E-state index in [4.69, 9.17) is 9.47 Å². The average molecular weight is 296 g/mol. The van der Waals surface area contributed by atoms with Crippen LogP contribution in [0.3, 0.4) is 0 Å². The summed E-state index contributed by atoms with van der Waals surface area (Å²) in [5, 5.41) is 5.38. The molecule has 0 aromatic carbocycles. The lowest BCUT2D eigenvalue weighted by molar-refractivity contribution is -0.186. The van der Waals surface area contributed by atoms with Crippen molar-refractivity contribution in [2.24, 2.45) is 0 Å². The van der Waals surface area contributed by atoms with Gasteiger partial charge in [-0.3, -0.25) is 9.59 Å². The Bertz CT molecular complexity index is 391. The molecule has 0 aromatic rings. The van der Waals surface area contributed by atoms with Gasteiger partial charge in [-0.1, -0.05) is 13.0 Å². The van der Waals surface area contributed by atoms with Crippen molar-refractivity contribution in [2.75, 3.05) is 19.7 Å². The summed E-state index contributed by atoms with van der Waals surface area (Å²) in [5.41, 5.74) is 0. The number of rotatable bonds is 6. The van der Waals surface area contributed by atoms with Crippen molar-refractivity contribution < 1.29 is 19.1 Å². The molecule has 1 spiro atoms. The smallest absolute Gasteiger partial charge is 0.243 e. The van der Waals surface area contributed by atoms with Crippen molar-refractivity contribution in [3.63, 3.8) is 0 Å². The molecule has 2 N–H and O–H groups in total. The van der Waals surface area contributed by atoms with Crippen molar-refractivity contribution in [3.05, 3.63) is 12.7 Å². The van der Waals surface area contributed by atoms with Gasteiger partial charge in [-0.15, -0.1) is 0 Å². The highest BCUT2D eigenvalue weighted by atomic mass is 16.7. The molecule has 0 radical (unpaired) electrons. The standard InChI is InChI=1S/C15H24N2O4/c1-2-13(18)16-9-6-14(19)17-10-12-11-20-15(21-12)7-4-3-5-8-15/h2,12H,1,3-11H2,(H,16,18)(H,17,19). The summed E-state index contributed by atoms with van der Waals surface area (Å²) in [5.74, 6) is -0.770. The first-order chi connectivity index (χ1) is 10.1. The first-order valence-electron chi connectivity index (χ1n) is 7.62. The summed E-state index contributed by atoms with van der Waals surface area (Å²) in [6.07, 6.45) is 6.78. The van der Waals surface area contributed by atoms with Crippen LogP contribution in [0.25, 0.3) is 0 Å². The fraction of sp³-hybridized carbons (Fsp3) is 0.733. The molecule has 118 valence electrons. The monoisotopic (exact) mass is 296 g/mol. The van der Waals surface area contributed by atoms with Crippen LogP contribution in [0.15, 0.2) is 12.7 Å². The number of carbonyl (C=O) groups excluding carboxylic acids is 2. The minimum absolute atomic E-state index is 0.0742. The van der Waals surface area contributed by atoms with Gasteiger partial charge < -0.3 is 20.1 Å². The molecule has 2 rings (SSSR count). The molecule has 1 aliphatic carbocycles. The van der Waals surface area contributed by atoms with Crippen LogP contribution in [-0.2, 0) is 19.1 Å². The fourth-order valence-electron chi connectivity index (χ4n) is 2.76. The predicted octanol–water partition coefficient (Wildman–Crippen LogP) is 0.871. The van der Waals surface area contributed by atoms with Crippen molar-refractivity contribution in [1.29, 1.82) is 0 Å². The highest BCUT2D eigenvalue weighted by Crippen LogP contribution is 2.37. The lowest BCUT2D eigenvalue weighted by atomic mass is 9.94. The number of amides is 2. The summed E-state index contributed by atoms with van der Waals surface area (Å²) >= 11 is 0. The molecule has 2 fully saturated rings. The molecule has 1 unspecified atom stereocenters. The minimum Gasteiger partial charge on any atom is -0.353 e. The third-order valence-electron chi connectivity index (χ3n) is 3.89. The molecule has 1 aliphatic heterocycles. The van der Waals surface area contributed by atoms with Crippen LogP contribution in [0.4, 0.5) is 0 Å². The summed E-state index contributed by atoms with van der Waals surface area (Å²) in [6.45, 7) is 4.64. The Morgan fingerprint density at radius 1 is 1.24 bits per heavy atom. The number of hydrogen-bond donors (Lipinski definition) is 2. The normalized spacial score (nSPS) is 23.7. The fourth-order valence-corrected chi connectivity index (χ4v) is 2.76. The van der Waals surface area contributed by atoms with E-state index in [-0.39, 0.29) is 24.3 Å². The van der Waals surface area contributed by atoms with Crippen molar-refractivity contribution >= 4 is 11.8 Å². The van der Waals surface area contributed by atoms with E-state index in [1.807, 2.05) is 0 Å². The van der Waals surface area contributed by atoms with E-state index in [0.717, 1.165) is 25.7 Å². The Morgan fingerprint density at radius 3 is 2.71 bits per heavy atom. The van der Waals surface area contributed by atoms with E-state index in [1.165, 1.54) is 12.5 Å². The highest BCUT2D eigenvalue weighted by Gasteiger charge is 2.42. The maximum atomic E-state index is 11.7. The van der Waals surface area contributed by atoms with Gasteiger partial charge in [0.05, 0.1) is 6.61 Å². The highest BCUT2D eigenvalue weighted by molar-refractivity contribution is 5.87. The second-order valence-electron chi connectivity index (χ2n) is 5.57. The molecule has 1 saturated carbocycles. The summed E-state index contributed by atoms with van der Waals surface area (Å²) in [4.78, 5) is 22.6. The number of nitrogens with one attached hydrogen (secondary N) is 2. The Hall–Kier alpha value is -1.40. The second kappa shape index (κ2) is 7.56. The van der Waals surface area contributed by atoms with Gasteiger partial charge in [-0.2, -0.15) is 0 Å². The zero-order valence-electron chi connectivity index (χ0n) is 12.4. The van der Waals surface area contributed by atoms with Gasteiger partial charge >= 0.3 is 0 Å². The SMILES string of the molecule is C=CC(=O)NCCC(=O)NCC1COC2(CCCCC2)O1. The third-order valence-corrected chi connectivity index (χ3v) is 3.89. The van der Waals surface area contributed by atoms with Gasteiger partial charge in [0, 0.05) is 32.4 Å². The Balaban J connectivity index is 1.61. The van der Waals surface area contributed by atoms with Crippen LogP contribution in [0.2, 0.25) is 0 Å². The number of ether oxygens (including phenoxy) is 2. The van der Waals surface area contributed by atoms with Gasteiger partial charge in [0.25, 0.3) is 0 Å². The van der Waals surface area contributed by atoms with Gasteiger partial charge in [0.1, 0.15) is 6.10 Å². The Kier molecular flexibility index (Phi) is 5.76. The van der Waals surface area contributed by atoms with E-state index in [9.17, 15) is 9.59 Å². The van der Waals surface area contributed by atoms with E-state index in [1.54, 1.807) is 0 Å². The van der Waals surface area contributed by atoms with E-state index in [0.29, 0.717) is 19.7 Å². The van der Waals surface area contributed by atoms with Crippen LogP contribution in [0.5, 0.6) is 0 Å². The first-order valence-corrected chi connectivity index (χ1v) is 7.62. The van der Waals surface area contributed by atoms with Crippen molar-refractivity contribution in [1.82, 2.24) is 10.6 Å². The summed E-state index contributed by atoms with van der Waals surface area (Å²) < 4.78 is 11.8. The molecular formula is C15H24N2O4. The first kappa shape index (κ1) is 16.0. The zero-order chi connectivity index (χ0) is 15.1. The molecular weight excluding hydrogens is 272 g/mol. The molecule has 1 heterocycles. The topological polar surface area (TPSA) is 76.7 Å². The Labute approximate surface area is 125 Å². The molecule has 21 heavy (non-hydrogen) atoms. The quantitative estimate of drug-likeness (QED) is 0.713. The predicted molar refractivity (Wildman–Crippen MR) is 77.5 cm³/mol. The molecule has 0 aromatic heterocycles. The van der Waals surface area contributed by atoms with Crippen LogP contribution >= 0.6 is 0 Å². The lowest BCUT2D eigenvalue weighted by Crippen LogP contribution is -2.38. The molecule has 6 heteroatoms. The van der Waals surface area contributed by atoms with E-state index in [2.05, 4.69) is 17.2 Å². The molecule has 2 amide bonds. The zero-order valence-corrected chi connectivity index (χ0v) is 12.4. The molecule has 2 aliphatic rings. The maximum absolute atomic E-state index is 11.7. The third kappa shape index (κ3) is 4.82. The molecule has 0 bridgehead atoms. The largest absolute Gasteiger partial charge is 0.353 e. The number of carbonyl (C=O) groups is 2. The van der Waals surface area contributed by atoms with Gasteiger partial charge in [0.15, 0.2) is 5.79 Å². The van der Waals surface area contributed by atoms with Gasteiger partial charge in [0.2, 0.25) is 11.8 Å². The second-order valence-corrected chi connectivity index (χ2v) is 5.57. The number of hydrogen-bond acceptors (Lipinski definition) is 4. The molecule has 1 saturated heterocycles. The van der Waals surface area contributed by atoms with Gasteiger partial charge in [-0.25, -0.2) is 0 Å².